The number of ether oxygens (including phenoxy) is 1. The summed E-state index contributed by atoms with van der Waals surface area (Å²) in [4.78, 5) is 13.3. The van der Waals surface area contributed by atoms with E-state index in [9.17, 15) is 0 Å². The average molecular weight is 285 g/mol. The van der Waals surface area contributed by atoms with Crippen LogP contribution in [0.5, 0.6) is 5.88 Å². The molecule has 6 heteroatoms. The summed E-state index contributed by atoms with van der Waals surface area (Å²) < 4.78 is 5.58. The van der Waals surface area contributed by atoms with Crippen LogP contribution in [0.1, 0.15) is 13.8 Å². The molecule has 106 valence electrons. The molecule has 0 radical (unpaired) electrons. The lowest BCUT2D eigenvalue weighted by molar-refractivity contribution is 0.231. The largest absolute Gasteiger partial charge is 0.474 e. The van der Waals surface area contributed by atoms with E-state index in [1.807, 2.05) is 13.8 Å². The predicted octanol–water partition coefficient (Wildman–Crippen LogP) is 1.62. The molecular weight excluding hydrogens is 264 g/mol. The minimum atomic E-state index is 0.116. The second-order valence-electron chi connectivity index (χ2n) is 4.90. The molecule has 1 fully saturated rings. The van der Waals surface area contributed by atoms with Crippen LogP contribution in [0.25, 0.3) is 0 Å². The van der Waals surface area contributed by atoms with Crippen molar-refractivity contribution in [1.29, 1.82) is 0 Å². The number of anilines is 1. The Morgan fingerprint density at radius 3 is 2.63 bits per heavy atom. The van der Waals surface area contributed by atoms with Crippen LogP contribution in [0.15, 0.2) is 12.4 Å². The maximum Gasteiger partial charge on any atom is 0.234 e. The Morgan fingerprint density at radius 1 is 1.26 bits per heavy atom. The maximum atomic E-state index is 5.76. The van der Waals surface area contributed by atoms with Crippen LogP contribution in [0.4, 0.5) is 5.82 Å². The van der Waals surface area contributed by atoms with E-state index in [4.69, 9.17) is 16.3 Å². The highest BCUT2D eigenvalue weighted by molar-refractivity contribution is 6.18. The summed E-state index contributed by atoms with van der Waals surface area (Å²) in [7, 11) is 0. The predicted molar refractivity (Wildman–Crippen MR) is 77.2 cm³/mol. The van der Waals surface area contributed by atoms with E-state index >= 15 is 0 Å². The maximum absolute atomic E-state index is 5.76. The molecule has 5 nitrogen and oxygen atoms in total. The molecule has 19 heavy (non-hydrogen) atoms. The molecule has 2 rings (SSSR count). The van der Waals surface area contributed by atoms with E-state index in [-0.39, 0.29) is 6.10 Å². The highest BCUT2D eigenvalue weighted by Gasteiger charge is 2.18. The zero-order chi connectivity index (χ0) is 13.7. The van der Waals surface area contributed by atoms with Gasteiger partial charge in [0.25, 0.3) is 0 Å². The van der Waals surface area contributed by atoms with Crippen LogP contribution < -0.4 is 9.64 Å². The molecule has 0 aliphatic carbocycles. The van der Waals surface area contributed by atoms with Gasteiger partial charge in [0.05, 0.1) is 18.5 Å². The zero-order valence-corrected chi connectivity index (χ0v) is 12.3. The van der Waals surface area contributed by atoms with Crippen LogP contribution >= 0.6 is 11.6 Å². The first-order chi connectivity index (χ1) is 9.19. The number of aromatic nitrogens is 2. The summed E-state index contributed by atoms with van der Waals surface area (Å²) in [6, 6.07) is 0. The molecule has 1 aliphatic rings. The molecule has 0 aromatic carbocycles. The average Bonchev–Trinajstić information content (AvgIpc) is 2.39. The van der Waals surface area contributed by atoms with Crippen molar-refractivity contribution in [2.75, 3.05) is 43.5 Å². The molecule has 0 spiro atoms. The Morgan fingerprint density at radius 2 is 2.00 bits per heavy atom. The van der Waals surface area contributed by atoms with Crippen molar-refractivity contribution >= 4 is 17.4 Å². The van der Waals surface area contributed by atoms with Crippen molar-refractivity contribution in [1.82, 2.24) is 14.9 Å². The van der Waals surface area contributed by atoms with Gasteiger partial charge in [0.1, 0.15) is 0 Å². The van der Waals surface area contributed by atoms with Gasteiger partial charge in [-0.15, -0.1) is 11.6 Å². The van der Waals surface area contributed by atoms with Gasteiger partial charge in [-0.25, -0.2) is 0 Å². The Labute approximate surface area is 119 Å². The molecule has 0 atom stereocenters. The van der Waals surface area contributed by atoms with Crippen LogP contribution in [0.2, 0.25) is 0 Å². The van der Waals surface area contributed by atoms with Gasteiger partial charge in [0.15, 0.2) is 5.82 Å². The zero-order valence-electron chi connectivity index (χ0n) is 11.5. The molecule has 1 aromatic rings. The summed E-state index contributed by atoms with van der Waals surface area (Å²) >= 11 is 5.76. The lowest BCUT2D eigenvalue weighted by Gasteiger charge is -2.34. The van der Waals surface area contributed by atoms with Crippen LogP contribution in [-0.4, -0.2) is 59.6 Å². The summed E-state index contributed by atoms with van der Waals surface area (Å²) in [5, 5.41) is 0. The number of rotatable bonds is 5. The minimum Gasteiger partial charge on any atom is -0.474 e. The SMILES string of the molecule is CC(C)Oc1cncc(N2CCN(CCCl)CC2)n1. The molecular formula is C13H21ClN4O. The molecule has 1 aromatic heterocycles. The van der Waals surface area contributed by atoms with Crippen molar-refractivity contribution < 1.29 is 4.74 Å². The third kappa shape index (κ3) is 4.21. The Balaban J connectivity index is 1.95. The number of halogens is 1. The van der Waals surface area contributed by atoms with Gasteiger partial charge in [0.2, 0.25) is 5.88 Å². The van der Waals surface area contributed by atoms with E-state index < -0.39 is 0 Å². The number of piperazine rings is 1. The van der Waals surface area contributed by atoms with Gasteiger partial charge in [0, 0.05) is 38.6 Å². The van der Waals surface area contributed by atoms with Crippen LogP contribution in [0, 0.1) is 0 Å². The van der Waals surface area contributed by atoms with Crippen LogP contribution in [-0.2, 0) is 0 Å². The smallest absolute Gasteiger partial charge is 0.234 e. The van der Waals surface area contributed by atoms with Gasteiger partial charge in [-0.3, -0.25) is 9.88 Å². The lowest BCUT2D eigenvalue weighted by atomic mass is 10.3. The third-order valence-corrected chi connectivity index (χ3v) is 3.22. The first-order valence-electron chi connectivity index (χ1n) is 6.71. The summed E-state index contributed by atoms with van der Waals surface area (Å²) in [6.45, 7) is 8.87. The third-order valence-electron chi connectivity index (χ3n) is 3.05. The number of nitrogens with zero attached hydrogens (tertiary/aromatic N) is 4. The first kappa shape index (κ1) is 14.3. The molecule has 1 saturated heterocycles. The molecule has 1 aliphatic heterocycles. The van der Waals surface area contributed by atoms with E-state index in [2.05, 4.69) is 19.8 Å². The quantitative estimate of drug-likeness (QED) is 0.769. The fourth-order valence-electron chi connectivity index (χ4n) is 2.11. The minimum absolute atomic E-state index is 0.116. The van der Waals surface area contributed by atoms with Crippen molar-refractivity contribution in [3.05, 3.63) is 12.4 Å². The van der Waals surface area contributed by atoms with Gasteiger partial charge in [-0.05, 0) is 13.8 Å². The highest BCUT2D eigenvalue weighted by Crippen LogP contribution is 2.16. The van der Waals surface area contributed by atoms with E-state index in [1.165, 1.54) is 0 Å². The fourth-order valence-corrected chi connectivity index (χ4v) is 2.35. The van der Waals surface area contributed by atoms with E-state index in [1.54, 1.807) is 12.4 Å². The molecule has 0 bridgehead atoms. The second kappa shape index (κ2) is 6.91. The second-order valence-corrected chi connectivity index (χ2v) is 5.28. The Hall–Kier alpha value is -1.07. The van der Waals surface area contributed by atoms with Gasteiger partial charge in [-0.2, -0.15) is 4.98 Å². The number of alkyl halides is 1. The summed E-state index contributed by atoms with van der Waals surface area (Å²) in [5.41, 5.74) is 0. The van der Waals surface area contributed by atoms with E-state index in [0.717, 1.165) is 38.5 Å². The first-order valence-corrected chi connectivity index (χ1v) is 7.24. The van der Waals surface area contributed by atoms with Crippen molar-refractivity contribution in [3.8, 4) is 5.88 Å². The molecule has 0 amide bonds. The molecule has 0 N–H and O–H groups in total. The van der Waals surface area contributed by atoms with Crippen molar-refractivity contribution in [3.63, 3.8) is 0 Å². The standard InChI is InChI=1S/C13H21ClN4O/c1-11(2)19-13-10-15-9-12(16-13)18-7-5-17(4-3-14)6-8-18/h9-11H,3-8H2,1-2H3. The Bertz CT molecular complexity index is 394. The number of hydrogen-bond acceptors (Lipinski definition) is 5. The van der Waals surface area contributed by atoms with Crippen molar-refractivity contribution in [2.45, 2.75) is 20.0 Å². The monoisotopic (exact) mass is 284 g/mol. The van der Waals surface area contributed by atoms with Gasteiger partial charge in [-0.1, -0.05) is 0 Å². The van der Waals surface area contributed by atoms with E-state index in [0.29, 0.717) is 11.8 Å². The highest BCUT2D eigenvalue weighted by atomic mass is 35.5. The number of hydrogen-bond donors (Lipinski definition) is 0. The lowest BCUT2D eigenvalue weighted by Crippen LogP contribution is -2.47. The molecule has 0 unspecified atom stereocenters. The Kier molecular flexibility index (Phi) is 5.22. The topological polar surface area (TPSA) is 41.5 Å². The fraction of sp³-hybridized carbons (Fsp3) is 0.692. The molecule has 2 heterocycles. The van der Waals surface area contributed by atoms with Crippen molar-refractivity contribution in [2.24, 2.45) is 0 Å². The molecule has 0 saturated carbocycles. The summed E-state index contributed by atoms with van der Waals surface area (Å²) in [6.07, 6.45) is 3.57. The van der Waals surface area contributed by atoms with Gasteiger partial charge < -0.3 is 9.64 Å². The summed E-state index contributed by atoms with van der Waals surface area (Å²) in [5.74, 6) is 2.18. The van der Waals surface area contributed by atoms with Crippen LogP contribution in [0.3, 0.4) is 0 Å². The normalized spacial score (nSPS) is 16.9. The van der Waals surface area contributed by atoms with Gasteiger partial charge >= 0.3 is 0 Å².